The highest BCUT2D eigenvalue weighted by Crippen LogP contribution is 2.34. The van der Waals surface area contributed by atoms with E-state index in [2.05, 4.69) is 4.98 Å². The van der Waals surface area contributed by atoms with Crippen LogP contribution in [0.2, 0.25) is 0 Å². The molecule has 0 fully saturated rings. The van der Waals surface area contributed by atoms with Gasteiger partial charge in [-0.2, -0.15) is 0 Å². The second kappa shape index (κ2) is 4.06. The summed E-state index contributed by atoms with van der Waals surface area (Å²) in [6, 6.07) is -1.17. The summed E-state index contributed by atoms with van der Waals surface area (Å²) in [4.78, 5) is 39.6. The predicted octanol–water partition coefficient (Wildman–Crippen LogP) is 0.886. The van der Waals surface area contributed by atoms with Crippen molar-refractivity contribution in [2.24, 2.45) is 0 Å². The number of carbonyl (C=O) groups is 1. The highest BCUT2D eigenvalue weighted by molar-refractivity contribution is 7.18. The number of aromatic amines is 1. The Labute approximate surface area is 111 Å². The summed E-state index contributed by atoms with van der Waals surface area (Å²) < 4.78 is 0.788. The molecule has 2 N–H and O–H groups in total. The zero-order chi connectivity index (χ0) is 13.7. The molecule has 0 radical (unpaired) electrons. The lowest BCUT2D eigenvalue weighted by Gasteiger charge is -2.09. The third-order valence-electron chi connectivity index (χ3n) is 3.54. The van der Waals surface area contributed by atoms with Gasteiger partial charge in [0.1, 0.15) is 10.9 Å². The van der Waals surface area contributed by atoms with Gasteiger partial charge in [0.2, 0.25) is 0 Å². The van der Waals surface area contributed by atoms with Crippen LogP contribution in [0.5, 0.6) is 0 Å². The largest absolute Gasteiger partial charge is 0.480 e. The van der Waals surface area contributed by atoms with Gasteiger partial charge in [0.15, 0.2) is 0 Å². The first-order valence-electron chi connectivity index (χ1n) is 6.02. The van der Waals surface area contributed by atoms with Gasteiger partial charge in [0.25, 0.3) is 5.56 Å². The molecule has 3 rings (SSSR count). The number of aliphatic carboxylic acids is 1. The molecule has 0 saturated carbocycles. The van der Waals surface area contributed by atoms with Crippen LogP contribution in [0, 0.1) is 0 Å². The second-order valence-electron chi connectivity index (χ2n) is 4.68. The van der Waals surface area contributed by atoms with Crippen LogP contribution < -0.4 is 11.2 Å². The SMILES string of the molecule is CC(C(=O)O)n1c(=O)[nH]c2sc3c(c2c1=O)CCC3. The third-order valence-corrected chi connectivity index (χ3v) is 4.75. The minimum atomic E-state index is -1.20. The van der Waals surface area contributed by atoms with Crippen molar-refractivity contribution in [2.75, 3.05) is 0 Å². The number of hydrogen-bond donors (Lipinski definition) is 2. The molecule has 1 atom stereocenters. The van der Waals surface area contributed by atoms with Gasteiger partial charge < -0.3 is 5.11 Å². The van der Waals surface area contributed by atoms with Gasteiger partial charge in [-0.05, 0) is 31.7 Å². The highest BCUT2D eigenvalue weighted by atomic mass is 32.1. The van der Waals surface area contributed by atoms with Crippen molar-refractivity contribution in [3.8, 4) is 0 Å². The average molecular weight is 280 g/mol. The van der Waals surface area contributed by atoms with E-state index in [4.69, 9.17) is 5.11 Å². The molecule has 2 aromatic rings. The van der Waals surface area contributed by atoms with Gasteiger partial charge >= 0.3 is 11.7 Å². The summed E-state index contributed by atoms with van der Waals surface area (Å²) in [5.41, 5.74) is -0.173. The third kappa shape index (κ3) is 1.65. The van der Waals surface area contributed by atoms with Crippen molar-refractivity contribution < 1.29 is 9.90 Å². The molecule has 0 spiro atoms. The smallest absolute Gasteiger partial charge is 0.330 e. The maximum atomic E-state index is 12.4. The lowest BCUT2D eigenvalue weighted by Crippen LogP contribution is -2.39. The molecule has 0 saturated heterocycles. The summed E-state index contributed by atoms with van der Waals surface area (Å²) in [5.74, 6) is -1.20. The fourth-order valence-corrected chi connectivity index (χ4v) is 3.82. The van der Waals surface area contributed by atoms with Crippen LogP contribution in [0.15, 0.2) is 9.59 Å². The number of carboxylic acid groups (broad SMARTS) is 1. The number of aromatic nitrogens is 2. The van der Waals surface area contributed by atoms with Crippen molar-refractivity contribution in [2.45, 2.75) is 32.2 Å². The zero-order valence-electron chi connectivity index (χ0n) is 10.2. The number of carboxylic acids is 1. The molecule has 19 heavy (non-hydrogen) atoms. The van der Waals surface area contributed by atoms with Crippen LogP contribution in [0.25, 0.3) is 10.2 Å². The monoisotopic (exact) mass is 280 g/mol. The summed E-state index contributed by atoms with van der Waals surface area (Å²) in [7, 11) is 0. The maximum absolute atomic E-state index is 12.4. The first-order chi connectivity index (χ1) is 9.00. The van der Waals surface area contributed by atoms with E-state index in [1.165, 1.54) is 18.3 Å². The summed E-state index contributed by atoms with van der Waals surface area (Å²) in [5, 5.41) is 9.48. The fourth-order valence-electron chi connectivity index (χ4n) is 2.55. The van der Waals surface area contributed by atoms with Gasteiger partial charge in [-0.3, -0.25) is 9.78 Å². The number of hydrogen-bond acceptors (Lipinski definition) is 4. The van der Waals surface area contributed by atoms with Gasteiger partial charge in [0.05, 0.1) is 5.39 Å². The average Bonchev–Trinajstić information content (AvgIpc) is 2.87. The maximum Gasteiger partial charge on any atom is 0.330 e. The van der Waals surface area contributed by atoms with Crippen molar-refractivity contribution in [1.29, 1.82) is 0 Å². The first-order valence-corrected chi connectivity index (χ1v) is 6.84. The van der Waals surface area contributed by atoms with E-state index >= 15 is 0 Å². The van der Waals surface area contributed by atoms with Crippen molar-refractivity contribution in [1.82, 2.24) is 9.55 Å². The summed E-state index contributed by atoms with van der Waals surface area (Å²) >= 11 is 1.43. The Balaban J connectivity index is 2.39. The van der Waals surface area contributed by atoms with Crippen molar-refractivity contribution in [3.05, 3.63) is 31.3 Å². The lowest BCUT2D eigenvalue weighted by atomic mass is 10.2. The Morgan fingerprint density at radius 2 is 2.16 bits per heavy atom. The van der Waals surface area contributed by atoms with Crippen LogP contribution >= 0.6 is 11.3 Å². The van der Waals surface area contributed by atoms with E-state index in [-0.39, 0.29) is 0 Å². The standard InChI is InChI=1S/C12H12N2O4S/c1-5(11(16)17)14-10(15)8-6-3-2-4-7(6)19-9(8)13-12(14)18/h5H,2-4H2,1H3,(H,13,18)(H,16,17). The molecule has 6 nitrogen and oxygen atoms in total. The zero-order valence-corrected chi connectivity index (χ0v) is 11.0. The summed E-state index contributed by atoms with van der Waals surface area (Å²) in [6.45, 7) is 1.33. The molecule has 1 aliphatic carbocycles. The first kappa shape index (κ1) is 12.2. The van der Waals surface area contributed by atoms with E-state index in [1.54, 1.807) is 0 Å². The lowest BCUT2D eigenvalue weighted by molar-refractivity contribution is -0.140. The van der Waals surface area contributed by atoms with E-state index in [9.17, 15) is 14.4 Å². The predicted molar refractivity (Wildman–Crippen MR) is 71.1 cm³/mol. The van der Waals surface area contributed by atoms with E-state index < -0.39 is 23.3 Å². The topological polar surface area (TPSA) is 92.2 Å². The molecule has 0 bridgehead atoms. The molecule has 1 aliphatic rings. The van der Waals surface area contributed by atoms with Crippen LogP contribution in [-0.4, -0.2) is 20.6 Å². The fraction of sp³-hybridized carbons (Fsp3) is 0.417. The van der Waals surface area contributed by atoms with Crippen LogP contribution in [-0.2, 0) is 17.6 Å². The minimum absolute atomic E-state index is 0.491. The Morgan fingerprint density at radius 1 is 1.42 bits per heavy atom. The molecule has 0 aromatic carbocycles. The van der Waals surface area contributed by atoms with Crippen LogP contribution in [0.4, 0.5) is 0 Å². The minimum Gasteiger partial charge on any atom is -0.480 e. The summed E-state index contributed by atoms with van der Waals surface area (Å²) in [6.07, 6.45) is 2.74. The Hall–Kier alpha value is -1.89. The Morgan fingerprint density at radius 3 is 2.84 bits per heavy atom. The van der Waals surface area contributed by atoms with E-state index in [1.807, 2.05) is 0 Å². The highest BCUT2D eigenvalue weighted by Gasteiger charge is 2.25. The Bertz CT molecular complexity index is 798. The number of nitrogens with zero attached hydrogens (tertiary/aromatic N) is 1. The van der Waals surface area contributed by atoms with Gasteiger partial charge in [-0.25, -0.2) is 14.2 Å². The number of H-pyrrole nitrogens is 1. The van der Waals surface area contributed by atoms with Gasteiger partial charge in [-0.15, -0.1) is 11.3 Å². The molecule has 100 valence electrons. The quantitative estimate of drug-likeness (QED) is 0.854. The molecule has 1 unspecified atom stereocenters. The van der Waals surface area contributed by atoms with Crippen LogP contribution in [0.1, 0.15) is 29.8 Å². The number of thiophene rings is 1. The number of nitrogens with one attached hydrogen (secondary N) is 1. The van der Waals surface area contributed by atoms with Crippen LogP contribution in [0.3, 0.4) is 0 Å². The molecule has 0 aliphatic heterocycles. The van der Waals surface area contributed by atoms with E-state index in [0.717, 1.165) is 34.3 Å². The molecule has 0 amide bonds. The van der Waals surface area contributed by atoms with Gasteiger partial charge in [-0.1, -0.05) is 0 Å². The molecule has 2 aromatic heterocycles. The van der Waals surface area contributed by atoms with Crippen molar-refractivity contribution in [3.63, 3.8) is 0 Å². The van der Waals surface area contributed by atoms with Crippen molar-refractivity contribution >= 4 is 27.5 Å². The second-order valence-corrected chi connectivity index (χ2v) is 5.79. The molecule has 2 heterocycles. The van der Waals surface area contributed by atoms with E-state index in [0.29, 0.717) is 10.2 Å². The Kier molecular flexibility index (Phi) is 2.60. The molecular weight excluding hydrogens is 268 g/mol. The molecular formula is C12H12N2O4S. The number of rotatable bonds is 2. The number of aryl methyl sites for hydroxylation is 2. The molecule has 7 heteroatoms. The number of fused-ring (bicyclic) bond motifs is 3. The van der Waals surface area contributed by atoms with Gasteiger partial charge in [0, 0.05) is 4.88 Å². The normalized spacial score (nSPS) is 15.6.